The van der Waals surface area contributed by atoms with E-state index in [4.69, 9.17) is 4.74 Å². The predicted molar refractivity (Wildman–Crippen MR) is 101 cm³/mol. The highest BCUT2D eigenvalue weighted by atomic mass is 16.5. The molecule has 134 valence electrons. The third-order valence-electron chi connectivity index (χ3n) is 5.45. The maximum absolute atomic E-state index is 5.51. The van der Waals surface area contributed by atoms with Crippen molar-refractivity contribution in [3.63, 3.8) is 0 Å². The van der Waals surface area contributed by atoms with Crippen LogP contribution in [0.3, 0.4) is 0 Å². The van der Waals surface area contributed by atoms with Crippen molar-refractivity contribution in [1.29, 1.82) is 0 Å². The van der Waals surface area contributed by atoms with Crippen LogP contribution in [0.1, 0.15) is 32.1 Å². The van der Waals surface area contributed by atoms with Gasteiger partial charge in [-0.15, -0.1) is 0 Å². The van der Waals surface area contributed by atoms with Gasteiger partial charge >= 0.3 is 0 Å². The van der Waals surface area contributed by atoms with Crippen molar-refractivity contribution in [2.75, 3.05) is 64.4 Å². The molecular formula is C20H33N3O. The number of anilines is 1. The zero-order valence-electron chi connectivity index (χ0n) is 15.3. The van der Waals surface area contributed by atoms with Crippen molar-refractivity contribution < 1.29 is 4.74 Å². The Labute approximate surface area is 147 Å². The highest BCUT2D eigenvalue weighted by molar-refractivity contribution is 5.58. The molecule has 1 aromatic carbocycles. The van der Waals surface area contributed by atoms with E-state index in [2.05, 4.69) is 32.9 Å². The Morgan fingerprint density at radius 2 is 1.42 bits per heavy atom. The number of para-hydroxylation sites is 2. The molecule has 2 aliphatic heterocycles. The Morgan fingerprint density at radius 1 is 0.792 bits per heavy atom. The Balaban J connectivity index is 1.39. The lowest BCUT2D eigenvalue weighted by Gasteiger charge is -2.36. The highest BCUT2D eigenvalue weighted by Gasteiger charge is 2.19. The van der Waals surface area contributed by atoms with Crippen molar-refractivity contribution in [3.05, 3.63) is 24.3 Å². The van der Waals surface area contributed by atoms with Gasteiger partial charge in [0.1, 0.15) is 5.75 Å². The van der Waals surface area contributed by atoms with Crippen LogP contribution in [0.5, 0.6) is 5.75 Å². The third kappa shape index (κ3) is 4.87. The number of nitrogens with zero attached hydrogens (tertiary/aromatic N) is 3. The van der Waals surface area contributed by atoms with E-state index in [1.54, 1.807) is 7.11 Å². The summed E-state index contributed by atoms with van der Waals surface area (Å²) < 4.78 is 5.51. The summed E-state index contributed by atoms with van der Waals surface area (Å²) in [5, 5.41) is 0. The molecule has 1 aromatic rings. The van der Waals surface area contributed by atoms with Crippen LogP contribution >= 0.6 is 0 Å². The number of methoxy groups -OCH3 is 1. The Morgan fingerprint density at radius 3 is 2.08 bits per heavy atom. The Kier molecular flexibility index (Phi) is 6.79. The first-order valence-corrected chi connectivity index (χ1v) is 9.69. The number of hydrogen-bond donors (Lipinski definition) is 0. The van der Waals surface area contributed by atoms with Gasteiger partial charge < -0.3 is 14.5 Å². The molecule has 2 heterocycles. The van der Waals surface area contributed by atoms with Gasteiger partial charge in [-0.1, -0.05) is 25.0 Å². The fourth-order valence-corrected chi connectivity index (χ4v) is 3.98. The summed E-state index contributed by atoms with van der Waals surface area (Å²) in [6.45, 7) is 9.70. The summed E-state index contributed by atoms with van der Waals surface area (Å²) >= 11 is 0. The molecule has 3 rings (SSSR count). The van der Waals surface area contributed by atoms with Crippen LogP contribution in [-0.2, 0) is 0 Å². The normalized spacial score (nSPS) is 20.8. The van der Waals surface area contributed by atoms with Crippen LogP contribution in [0.4, 0.5) is 5.69 Å². The molecule has 2 aliphatic rings. The minimum Gasteiger partial charge on any atom is -0.495 e. The lowest BCUT2D eigenvalue weighted by atomic mass is 10.2. The molecule has 0 amide bonds. The number of ether oxygens (including phenoxy) is 1. The van der Waals surface area contributed by atoms with Crippen LogP contribution in [-0.4, -0.2) is 69.3 Å². The molecule has 0 aromatic heterocycles. The Hall–Kier alpha value is -1.26. The minimum absolute atomic E-state index is 0.993. The molecule has 0 bridgehead atoms. The molecule has 24 heavy (non-hydrogen) atoms. The molecular weight excluding hydrogens is 298 g/mol. The lowest BCUT2D eigenvalue weighted by Crippen LogP contribution is -2.47. The molecule has 2 fully saturated rings. The number of hydrogen-bond acceptors (Lipinski definition) is 4. The zero-order chi connectivity index (χ0) is 16.6. The van der Waals surface area contributed by atoms with Gasteiger partial charge in [-0.25, -0.2) is 0 Å². The van der Waals surface area contributed by atoms with Crippen LogP contribution < -0.4 is 9.64 Å². The number of benzene rings is 1. The fraction of sp³-hybridized carbons (Fsp3) is 0.700. The van der Waals surface area contributed by atoms with Crippen LogP contribution in [0.25, 0.3) is 0 Å². The second kappa shape index (κ2) is 9.28. The predicted octanol–water partition coefficient (Wildman–Crippen LogP) is 3.08. The second-order valence-corrected chi connectivity index (χ2v) is 7.11. The van der Waals surface area contributed by atoms with E-state index in [0.717, 1.165) is 31.9 Å². The summed E-state index contributed by atoms with van der Waals surface area (Å²) in [7, 11) is 1.76. The van der Waals surface area contributed by atoms with Crippen LogP contribution in [0.15, 0.2) is 24.3 Å². The Bertz CT molecular complexity index is 478. The van der Waals surface area contributed by atoms with E-state index in [1.807, 2.05) is 6.07 Å². The lowest BCUT2D eigenvalue weighted by molar-refractivity contribution is 0.222. The van der Waals surface area contributed by atoms with E-state index in [-0.39, 0.29) is 0 Å². The van der Waals surface area contributed by atoms with E-state index in [9.17, 15) is 0 Å². The SMILES string of the molecule is COc1ccccc1N1CCN(CCCN2CCCCCC2)CC1. The smallest absolute Gasteiger partial charge is 0.142 e. The van der Waals surface area contributed by atoms with E-state index in [0.29, 0.717) is 0 Å². The maximum Gasteiger partial charge on any atom is 0.142 e. The molecule has 0 saturated carbocycles. The van der Waals surface area contributed by atoms with Crippen molar-refractivity contribution >= 4 is 5.69 Å². The summed E-state index contributed by atoms with van der Waals surface area (Å²) in [6.07, 6.45) is 6.98. The van der Waals surface area contributed by atoms with Crippen molar-refractivity contribution in [1.82, 2.24) is 9.80 Å². The van der Waals surface area contributed by atoms with Gasteiger partial charge in [-0.2, -0.15) is 0 Å². The average Bonchev–Trinajstić information content (AvgIpc) is 2.91. The van der Waals surface area contributed by atoms with Crippen molar-refractivity contribution in [2.24, 2.45) is 0 Å². The zero-order valence-corrected chi connectivity index (χ0v) is 15.3. The summed E-state index contributed by atoms with van der Waals surface area (Å²) in [5.74, 6) is 0.993. The molecule has 0 spiro atoms. The maximum atomic E-state index is 5.51. The van der Waals surface area contributed by atoms with Gasteiger partial charge in [-0.3, -0.25) is 4.90 Å². The summed E-state index contributed by atoms with van der Waals surface area (Å²) in [6, 6.07) is 8.38. The van der Waals surface area contributed by atoms with Crippen LogP contribution in [0, 0.1) is 0 Å². The first kappa shape index (κ1) is 17.6. The molecule has 4 heteroatoms. The average molecular weight is 332 g/mol. The van der Waals surface area contributed by atoms with E-state index >= 15 is 0 Å². The van der Waals surface area contributed by atoms with Gasteiger partial charge in [0.25, 0.3) is 0 Å². The standard InChI is InChI=1S/C20H33N3O/c1-24-20-10-5-4-9-19(20)23-17-15-22(16-18-23)14-8-13-21-11-6-2-3-7-12-21/h4-5,9-10H,2-3,6-8,11-18H2,1H3. The second-order valence-electron chi connectivity index (χ2n) is 7.11. The van der Waals surface area contributed by atoms with Crippen molar-refractivity contribution in [3.8, 4) is 5.75 Å². The number of rotatable bonds is 6. The largest absolute Gasteiger partial charge is 0.495 e. The highest BCUT2D eigenvalue weighted by Crippen LogP contribution is 2.28. The number of likely N-dealkylation sites (tertiary alicyclic amines) is 1. The molecule has 2 saturated heterocycles. The minimum atomic E-state index is 0.993. The van der Waals surface area contributed by atoms with Gasteiger partial charge in [-0.05, 0) is 57.6 Å². The van der Waals surface area contributed by atoms with Gasteiger partial charge in [0.2, 0.25) is 0 Å². The number of piperazine rings is 1. The van der Waals surface area contributed by atoms with E-state index in [1.165, 1.54) is 64.0 Å². The quantitative estimate of drug-likeness (QED) is 0.797. The van der Waals surface area contributed by atoms with Crippen LogP contribution in [0.2, 0.25) is 0 Å². The molecule has 0 unspecified atom stereocenters. The van der Waals surface area contributed by atoms with Gasteiger partial charge in [0.15, 0.2) is 0 Å². The molecule has 0 atom stereocenters. The first-order valence-electron chi connectivity index (χ1n) is 9.69. The fourth-order valence-electron chi connectivity index (χ4n) is 3.98. The summed E-state index contributed by atoms with van der Waals surface area (Å²) in [4.78, 5) is 7.77. The van der Waals surface area contributed by atoms with E-state index < -0.39 is 0 Å². The monoisotopic (exact) mass is 331 g/mol. The van der Waals surface area contributed by atoms with Gasteiger partial charge in [0.05, 0.1) is 12.8 Å². The van der Waals surface area contributed by atoms with Crippen molar-refractivity contribution in [2.45, 2.75) is 32.1 Å². The van der Waals surface area contributed by atoms with Gasteiger partial charge in [0, 0.05) is 26.2 Å². The first-order chi connectivity index (χ1) is 11.9. The molecule has 0 aliphatic carbocycles. The third-order valence-corrected chi connectivity index (χ3v) is 5.45. The molecule has 0 N–H and O–H groups in total. The topological polar surface area (TPSA) is 19.0 Å². The molecule has 4 nitrogen and oxygen atoms in total. The molecule has 0 radical (unpaired) electrons. The summed E-state index contributed by atoms with van der Waals surface area (Å²) in [5.41, 5.74) is 1.24.